The SMILES string of the molecule is CC1(C)c2ccccc2N(c2ccc3c(c2)C(C)(C)c2ccc(-c4cc(P(=S)(c5ccccc5)c5ccccc5)c5oc6ccccc6c5c4)cc2C3(C)C)c2ccccc21. The molecular weight excluding hydrogens is 778 g/mol. The second kappa shape index (κ2) is 13.5. The van der Waals surface area contributed by atoms with Crippen molar-refractivity contribution >= 4 is 72.8 Å². The topological polar surface area (TPSA) is 16.4 Å². The van der Waals surface area contributed by atoms with Crippen molar-refractivity contribution in [1.29, 1.82) is 0 Å². The van der Waals surface area contributed by atoms with Gasteiger partial charge in [-0.2, -0.15) is 0 Å². The van der Waals surface area contributed by atoms with E-state index in [1.165, 1.54) is 56.0 Å². The summed E-state index contributed by atoms with van der Waals surface area (Å²) < 4.78 is 6.81. The molecule has 1 aliphatic carbocycles. The number of anilines is 3. The Morgan fingerprint density at radius 2 is 0.934 bits per heavy atom. The van der Waals surface area contributed by atoms with Gasteiger partial charge in [-0.15, -0.1) is 0 Å². The van der Waals surface area contributed by atoms with Gasteiger partial charge in [0.05, 0.1) is 11.4 Å². The number of hydrogen-bond acceptors (Lipinski definition) is 3. The van der Waals surface area contributed by atoms with Gasteiger partial charge in [-0.05, 0) is 104 Å². The Hall–Kier alpha value is -5.99. The molecule has 0 spiro atoms. The van der Waals surface area contributed by atoms with Crippen LogP contribution < -0.4 is 20.8 Å². The minimum atomic E-state index is -2.57. The van der Waals surface area contributed by atoms with Gasteiger partial charge >= 0.3 is 0 Å². The van der Waals surface area contributed by atoms with Gasteiger partial charge in [-0.3, -0.25) is 0 Å². The van der Waals surface area contributed by atoms with Crippen LogP contribution in [0.4, 0.5) is 17.1 Å². The average Bonchev–Trinajstić information content (AvgIpc) is 3.67. The Kier molecular flexibility index (Phi) is 8.41. The van der Waals surface area contributed by atoms with Crippen LogP contribution in [0.3, 0.4) is 0 Å². The van der Waals surface area contributed by atoms with E-state index >= 15 is 0 Å². The Balaban J connectivity index is 1.09. The van der Waals surface area contributed by atoms with E-state index in [0.29, 0.717) is 0 Å². The van der Waals surface area contributed by atoms with E-state index < -0.39 is 6.04 Å². The summed E-state index contributed by atoms with van der Waals surface area (Å²) in [4.78, 5) is 2.48. The van der Waals surface area contributed by atoms with Gasteiger partial charge in [-0.1, -0.05) is 187 Å². The summed E-state index contributed by atoms with van der Waals surface area (Å²) in [6.45, 7) is 14.3. The molecule has 0 saturated carbocycles. The first-order valence-corrected chi connectivity index (χ1v) is 24.2. The van der Waals surface area contributed by atoms with Gasteiger partial charge in [0, 0.05) is 44.0 Å². The summed E-state index contributed by atoms with van der Waals surface area (Å²) in [6, 6.07) is 64.2. The van der Waals surface area contributed by atoms with E-state index in [1.54, 1.807) is 0 Å². The molecule has 61 heavy (non-hydrogen) atoms. The van der Waals surface area contributed by atoms with Gasteiger partial charge in [-0.25, -0.2) is 0 Å². The number of nitrogens with zero attached hydrogens (tertiary/aromatic N) is 1. The lowest BCUT2D eigenvalue weighted by Gasteiger charge is -2.46. The van der Waals surface area contributed by atoms with E-state index in [2.05, 4.69) is 228 Å². The third kappa shape index (κ3) is 5.50. The van der Waals surface area contributed by atoms with Crippen LogP contribution in [0.2, 0.25) is 0 Å². The number of hydrogen-bond donors (Lipinski definition) is 0. The van der Waals surface area contributed by atoms with Crippen LogP contribution >= 0.6 is 6.04 Å². The molecule has 2 nitrogen and oxygen atoms in total. The molecule has 2 aliphatic rings. The third-order valence-electron chi connectivity index (χ3n) is 14.0. The van der Waals surface area contributed by atoms with Gasteiger partial charge in [0.25, 0.3) is 0 Å². The van der Waals surface area contributed by atoms with Crippen molar-refractivity contribution in [2.24, 2.45) is 0 Å². The van der Waals surface area contributed by atoms with Crippen LogP contribution in [0.1, 0.15) is 74.9 Å². The molecule has 0 unspecified atom stereocenters. The van der Waals surface area contributed by atoms with E-state index in [4.69, 9.17) is 16.2 Å². The van der Waals surface area contributed by atoms with Crippen LogP contribution in [-0.2, 0) is 28.1 Å². The quantitative estimate of drug-likeness (QED) is 0.161. The second-order valence-corrected chi connectivity index (χ2v) is 22.9. The highest BCUT2D eigenvalue weighted by atomic mass is 32.4. The maximum Gasteiger partial charge on any atom is 0.144 e. The highest BCUT2D eigenvalue weighted by molar-refractivity contribution is 8.25. The van der Waals surface area contributed by atoms with Crippen molar-refractivity contribution in [3.63, 3.8) is 0 Å². The molecule has 0 bridgehead atoms. The van der Waals surface area contributed by atoms with Crippen molar-refractivity contribution in [3.05, 3.63) is 215 Å². The lowest BCUT2D eigenvalue weighted by Crippen LogP contribution is -2.37. The van der Waals surface area contributed by atoms with E-state index in [0.717, 1.165) is 43.4 Å². The fourth-order valence-corrected chi connectivity index (χ4v) is 14.6. The zero-order valence-corrected chi connectivity index (χ0v) is 37.2. The fraction of sp³-hybridized carbons (Fsp3) is 0.158. The van der Waals surface area contributed by atoms with Crippen molar-refractivity contribution in [2.45, 2.75) is 57.8 Å². The van der Waals surface area contributed by atoms with Crippen LogP contribution in [0.15, 0.2) is 186 Å². The molecule has 11 rings (SSSR count). The molecule has 1 aromatic heterocycles. The van der Waals surface area contributed by atoms with Crippen molar-refractivity contribution < 1.29 is 4.42 Å². The first-order chi connectivity index (χ1) is 29.4. The van der Waals surface area contributed by atoms with Crippen molar-refractivity contribution in [2.75, 3.05) is 4.90 Å². The summed E-state index contributed by atoms with van der Waals surface area (Å²) in [5.74, 6) is 0. The highest BCUT2D eigenvalue weighted by Crippen LogP contribution is 2.56. The Labute approximate surface area is 364 Å². The summed E-state index contributed by atoms with van der Waals surface area (Å²) >= 11 is 7.01. The Morgan fingerprint density at radius 3 is 1.56 bits per heavy atom. The zero-order valence-electron chi connectivity index (χ0n) is 35.5. The molecule has 9 aromatic rings. The maximum atomic E-state index is 7.01. The van der Waals surface area contributed by atoms with E-state index in [9.17, 15) is 0 Å². The minimum Gasteiger partial charge on any atom is -0.455 e. The predicted octanol–water partition coefficient (Wildman–Crippen LogP) is 14.1. The maximum absolute atomic E-state index is 7.01. The molecule has 1 aliphatic heterocycles. The normalized spacial score (nSPS) is 15.8. The smallest absolute Gasteiger partial charge is 0.144 e. The molecule has 0 fully saturated rings. The molecule has 0 N–H and O–H groups in total. The molecule has 298 valence electrons. The number of furan rings is 1. The molecule has 0 atom stereocenters. The lowest BCUT2D eigenvalue weighted by molar-refractivity contribution is 0.521. The second-order valence-electron chi connectivity index (χ2n) is 18.5. The summed E-state index contributed by atoms with van der Waals surface area (Å²) in [7, 11) is 0. The molecule has 0 radical (unpaired) electrons. The Morgan fingerprint density at radius 1 is 0.426 bits per heavy atom. The fourth-order valence-electron chi connectivity index (χ4n) is 10.7. The van der Waals surface area contributed by atoms with Crippen LogP contribution in [0.5, 0.6) is 0 Å². The summed E-state index contributed by atoms with van der Waals surface area (Å²) in [5.41, 5.74) is 15.3. The van der Waals surface area contributed by atoms with Gasteiger partial charge < -0.3 is 9.32 Å². The van der Waals surface area contributed by atoms with Crippen LogP contribution in [0.25, 0.3) is 33.1 Å². The van der Waals surface area contributed by atoms with Gasteiger partial charge in [0.2, 0.25) is 0 Å². The van der Waals surface area contributed by atoms with Crippen molar-refractivity contribution in [3.8, 4) is 11.1 Å². The predicted molar refractivity (Wildman–Crippen MR) is 263 cm³/mol. The van der Waals surface area contributed by atoms with Gasteiger partial charge in [0.15, 0.2) is 0 Å². The molecule has 0 amide bonds. The molecular formula is C57H48NOPS. The molecule has 4 heteroatoms. The minimum absolute atomic E-state index is 0.108. The Bertz CT molecular complexity index is 3170. The first kappa shape index (κ1) is 38.0. The monoisotopic (exact) mass is 825 g/mol. The van der Waals surface area contributed by atoms with Crippen LogP contribution in [-0.4, -0.2) is 0 Å². The summed E-state index contributed by atoms with van der Waals surface area (Å²) in [5, 5.41) is 5.60. The van der Waals surface area contributed by atoms with Gasteiger partial charge in [0.1, 0.15) is 11.2 Å². The molecule has 0 saturated heterocycles. The molecule has 8 aromatic carbocycles. The number of benzene rings is 8. The van der Waals surface area contributed by atoms with Crippen molar-refractivity contribution in [1.82, 2.24) is 0 Å². The molecule has 2 heterocycles. The van der Waals surface area contributed by atoms with E-state index in [1.807, 2.05) is 0 Å². The van der Waals surface area contributed by atoms with Crippen LogP contribution in [0, 0.1) is 0 Å². The largest absolute Gasteiger partial charge is 0.455 e. The third-order valence-corrected chi connectivity index (χ3v) is 18.9. The lowest BCUT2D eigenvalue weighted by atomic mass is 9.59. The number of fused-ring (bicyclic) bond motifs is 7. The summed E-state index contributed by atoms with van der Waals surface area (Å²) in [6.07, 6.45) is 0. The standard InChI is InChI=1S/C57H48NOPS/c1-55(2)45-32-30-39(58-50-26-16-14-24-46(50)57(5,6)47-25-15-17-27-51(47)58)36-49(45)56(3,4)44-31-29-37(34-48(44)55)38-33-43-42-23-13-18-28-52(42)59-54(43)53(35-38)60(61,40-19-9-7-10-20-40)41-21-11-8-12-22-41/h7-36H,1-6H3. The zero-order chi connectivity index (χ0) is 41.9. The average molecular weight is 826 g/mol. The highest BCUT2D eigenvalue weighted by Gasteiger charge is 2.43. The van der Waals surface area contributed by atoms with E-state index in [-0.39, 0.29) is 16.2 Å². The number of rotatable bonds is 5. The first-order valence-electron chi connectivity index (χ1n) is 21.4. The number of para-hydroxylation sites is 3.